The first-order valence-electron chi connectivity index (χ1n) is 12.8. The van der Waals surface area contributed by atoms with Crippen molar-refractivity contribution in [3.05, 3.63) is 59.7 Å². The van der Waals surface area contributed by atoms with E-state index in [9.17, 15) is 14.7 Å². The molecule has 6 heteroatoms. The lowest BCUT2D eigenvalue weighted by Gasteiger charge is -2.09. The summed E-state index contributed by atoms with van der Waals surface area (Å²) in [7, 11) is 1.68. The maximum absolute atomic E-state index is 13.4. The number of hydrogen-bond acceptors (Lipinski definition) is 4. The van der Waals surface area contributed by atoms with Crippen LogP contribution in [0.15, 0.2) is 48.5 Å². The van der Waals surface area contributed by atoms with Gasteiger partial charge in [-0.2, -0.15) is 0 Å². The molecule has 0 bridgehead atoms. The third-order valence-corrected chi connectivity index (χ3v) is 6.33. The molecule has 0 aliphatic rings. The zero-order valence-electron chi connectivity index (χ0n) is 20.9. The number of aryl methyl sites for hydroxylation is 1. The van der Waals surface area contributed by atoms with Gasteiger partial charge < -0.3 is 19.1 Å². The lowest BCUT2D eigenvalue weighted by molar-refractivity contribution is 0.103. The van der Waals surface area contributed by atoms with Crippen molar-refractivity contribution in [1.29, 1.82) is 0 Å². The van der Waals surface area contributed by atoms with Crippen LogP contribution in [0.3, 0.4) is 0 Å². The summed E-state index contributed by atoms with van der Waals surface area (Å²) in [5.74, 6) is 0.343. The molecule has 2 aromatic carbocycles. The van der Waals surface area contributed by atoms with Crippen molar-refractivity contribution in [1.82, 2.24) is 4.57 Å². The third kappa shape index (κ3) is 7.35. The highest BCUT2D eigenvalue weighted by molar-refractivity contribution is 6.18. The summed E-state index contributed by atoms with van der Waals surface area (Å²) in [5, 5.41) is 9.85. The predicted molar refractivity (Wildman–Crippen MR) is 139 cm³/mol. The highest BCUT2D eigenvalue weighted by Gasteiger charge is 2.25. The van der Waals surface area contributed by atoms with E-state index in [2.05, 4.69) is 6.92 Å². The Balaban J connectivity index is 1.56. The molecule has 0 radical (unpaired) electrons. The minimum absolute atomic E-state index is 0.0142. The second-order valence-electron chi connectivity index (χ2n) is 9.01. The van der Waals surface area contributed by atoms with Crippen molar-refractivity contribution >= 4 is 22.8 Å². The minimum Gasteiger partial charge on any atom is -0.494 e. The quantitative estimate of drug-likeness (QED) is 0.137. The van der Waals surface area contributed by atoms with E-state index < -0.39 is 6.16 Å². The van der Waals surface area contributed by atoms with Crippen molar-refractivity contribution in [2.75, 3.05) is 6.61 Å². The van der Waals surface area contributed by atoms with Crippen LogP contribution in [0.25, 0.3) is 10.9 Å². The van der Waals surface area contributed by atoms with E-state index in [1.165, 1.54) is 51.4 Å². The van der Waals surface area contributed by atoms with Gasteiger partial charge in [0.2, 0.25) is 5.88 Å². The summed E-state index contributed by atoms with van der Waals surface area (Å²) in [6.45, 7) is 2.85. The maximum atomic E-state index is 13.4. The van der Waals surface area contributed by atoms with Gasteiger partial charge in [-0.15, -0.1) is 0 Å². The third-order valence-electron chi connectivity index (χ3n) is 6.33. The lowest BCUT2D eigenvalue weighted by atomic mass is 10.0. The summed E-state index contributed by atoms with van der Waals surface area (Å²) in [4.78, 5) is 24.7. The van der Waals surface area contributed by atoms with Crippen LogP contribution < -0.4 is 9.47 Å². The van der Waals surface area contributed by atoms with E-state index in [1.54, 1.807) is 35.9 Å². The SMILES string of the molecule is CCCCCCCCCCCCOc1cccc(C(=O)c2c(OC(=O)O)n(C)c3ccccc23)c1. The number of ether oxygens (including phenoxy) is 2. The number of carbonyl (C=O) groups excluding carboxylic acids is 1. The Hall–Kier alpha value is -3.28. The molecule has 0 fully saturated rings. The molecule has 0 aliphatic heterocycles. The fraction of sp³-hybridized carbons (Fsp3) is 0.448. The van der Waals surface area contributed by atoms with Crippen LogP contribution in [0.1, 0.15) is 87.1 Å². The van der Waals surface area contributed by atoms with Crippen molar-refractivity contribution in [2.24, 2.45) is 7.05 Å². The van der Waals surface area contributed by atoms with Gasteiger partial charge in [-0.25, -0.2) is 4.79 Å². The molecule has 3 aromatic rings. The Morgan fingerprint density at radius 1 is 0.857 bits per heavy atom. The Morgan fingerprint density at radius 3 is 2.20 bits per heavy atom. The monoisotopic (exact) mass is 479 g/mol. The van der Waals surface area contributed by atoms with Gasteiger partial charge in [0, 0.05) is 18.0 Å². The Morgan fingerprint density at radius 2 is 1.51 bits per heavy atom. The zero-order chi connectivity index (χ0) is 25.0. The second-order valence-corrected chi connectivity index (χ2v) is 9.01. The van der Waals surface area contributed by atoms with Crippen molar-refractivity contribution in [3.8, 4) is 11.6 Å². The number of carboxylic acid groups (broad SMARTS) is 1. The van der Waals surface area contributed by atoms with Crippen LogP contribution in [0, 0.1) is 0 Å². The molecular formula is C29H37NO5. The molecule has 0 amide bonds. The number of ketones is 1. The molecular weight excluding hydrogens is 442 g/mol. The average Bonchev–Trinajstić information content (AvgIpc) is 3.13. The summed E-state index contributed by atoms with van der Waals surface area (Å²) in [6.07, 6.45) is 11.2. The Kier molecular flexibility index (Phi) is 10.2. The summed E-state index contributed by atoms with van der Waals surface area (Å²) >= 11 is 0. The highest BCUT2D eigenvalue weighted by atomic mass is 16.7. The molecule has 188 valence electrons. The van der Waals surface area contributed by atoms with Crippen LogP contribution in [0.2, 0.25) is 0 Å². The number of rotatable bonds is 15. The molecule has 1 aromatic heterocycles. The lowest BCUT2D eigenvalue weighted by Crippen LogP contribution is -2.11. The first-order chi connectivity index (χ1) is 17.0. The second kappa shape index (κ2) is 13.6. The number of para-hydroxylation sites is 1. The van der Waals surface area contributed by atoms with E-state index >= 15 is 0 Å². The summed E-state index contributed by atoms with van der Waals surface area (Å²) in [5.41, 5.74) is 1.38. The fourth-order valence-corrected chi connectivity index (χ4v) is 4.44. The van der Waals surface area contributed by atoms with Crippen LogP contribution in [-0.4, -0.2) is 28.2 Å². The molecule has 1 N–H and O–H groups in total. The van der Waals surface area contributed by atoms with Gasteiger partial charge in [0.15, 0.2) is 5.78 Å². The van der Waals surface area contributed by atoms with E-state index in [-0.39, 0.29) is 17.2 Å². The van der Waals surface area contributed by atoms with E-state index in [0.29, 0.717) is 23.3 Å². The summed E-state index contributed by atoms with van der Waals surface area (Å²) in [6, 6.07) is 14.3. The highest BCUT2D eigenvalue weighted by Crippen LogP contribution is 2.33. The number of carbonyl (C=O) groups is 2. The molecule has 6 nitrogen and oxygen atoms in total. The molecule has 0 saturated carbocycles. The van der Waals surface area contributed by atoms with Gasteiger partial charge in [-0.1, -0.05) is 95.0 Å². The molecule has 0 atom stereocenters. The van der Waals surface area contributed by atoms with E-state index in [4.69, 9.17) is 9.47 Å². The smallest absolute Gasteiger partial charge is 0.494 e. The number of fused-ring (bicyclic) bond motifs is 1. The zero-order valence-corrected chi connectivity index (χ0v) is 20.9. The summed E-state index contributed by atoms with van der Waals surface area (Å²) < 4.78 is 12.5. The normalized spacial score (nSPS) is 11.0. The van der Waals surface area contributed by atoms with Gasteiger partial charge in [0.25, 0.3) is 0 Å². The molecule has 0 saturated heterocycles. The van der Waals surface area contributed by atoms with Gasteiger partial charge in [0.05, 0.1) is 17.7 Å². The number of benzene rings is 2. The molecule has 3 rings (SSSR count). The number of nitrogens with zero attached hydrogens (tertiary/aromatic N) is 1. The van der Waals surface area contributed by atoms with Crippen molar-refractivity contribution < 1.29 is 24.2 Å². The molecule has 0 unspecified atom stereocenters. The molecule has 35 heavy (non-hydrogen) atoms. The fourth-order valence-electron chi connectivity index (χ4n) is 4.44. The van der Waals surface area contributed by atoms with Crippen LogP contribution in [0.4, 0.5) is 4.79 Å². The molecule has 1 heterocycles. The maximum Gasteiger partial charge on any atom is 0.512 e. The van der Waals surface area contributed by atoms with Gasteiger partial charge in [-0.3, -0.25) is 4.79 Å². The average molecular weight is 480 g/mol. The number of hydrogen-bond donors (Lipinski definition) is 1. The van der Waals surface area contributed by atoms with Gasteiger partial charge >= 0.3 is 6.16 Å². The Bertz CT molecular complexity index is 1120. The number of aromatic nitrogens is 1. The number of unbranched alkanes of at least 4 members (excludes halogenated alkanes) is 9. The Labute approximate surface area is 207 Å². The van der Waals surface area contributed by atoms with Crippen molar-refractivity contribution in [3.63, 3.8) is 0 Å². The largest absolute Gasteiger partial charge is 0.512 e. The minimum atomic E-state index is -1.46. The van der Waals surface area contributed by atoms with Gasteiger partial charge in [0.1, 0.15) is 5.75 Å². The first kappa shape index (κ1) is 26.3. The topological polar surface area (TPSA) is 77.8 Å². The molecule has 0 aliphatic carbocycles. The van der Waals surface area contributed by atoms with Crippen LogP contribution in [-0.2, 0) is 7.05 Å². The molecule has 0 spiro atoms. The van der Waals surface area contributed by atoms with E-state index in [1.807, 2.05) is 24.3 Å². The standard InChI is InChI=1S/C29H37NO5/c1-3-4-5-6-7-8-9-10-11-14-20-34-23-17-15-16-22(21-23)27(31)26-24-18-12-13-19-25(24)30(2)28(26)35-29(32)33/h12-13,15-19,21H,3-11,14,20H2,1-2H3,(H,32,33). The van der Waals surface area contributed by atoms with Gasteiger partial charge in [-0.05, 0) is 24.6 Å². The first-order valence-corrected chi connectivity index (χ1v) is 12.8. The van der Waals surface area contributed by atoms with E-state index in [0.717, 1.165) is 18.4 Å². The van der Waals surface area contributed by atoms with Crippen LogP contribution in [0.5, 0.6) is 11.6 Å². The predicted octanol–water partition coefficient (Wildman–Crippen LogP) is 7.77. The van der Waals surface area contributed by atoms with Crippen LogP contribution >= 0.6 is 0 Å². The van der Waals surface area contributed by atoms with Crippen molar-refractivity contribution in [2.45, 2.75) is 71.1 Å².